The minimum Gasteiger partial charge on any atom is -0.389 e. The predicted molar refractivity (Wildman–Crippen MR) is 79.7 cm³/mol. The van der Waals surface area contributed by atoms with Crippen molar-refractivity contribution in [1.29, 1.82) is 0 Å². The highest BCUT2D eigenvalue weighted by Crippen LogP contribution is 2.39. The molecule has 2 aliphatic rings. The molecule has 5 heteroatoms. The van der Waals surface area contributed by atoms with Crippen molar-refractivity contribution in [3.05, 3.63) is 18.2 Å². The second kappa shape index (κ2) is 5.79. The first kappa shape index (κ1) is 14.6. The maximum absolute atomic E-state index is 12.5. The Morgan fingerprint density at radius 3 is 3.14 bits per heavy atom. The number of imidazole rings is 1. The van der Waals surface area contributed by atoms with E-state index in [-0.39, 0.29) is 11.8 Å². The normalized spacial score (nSPS) is 29.2. The van der Waals surface area contributed by atoms with Crippen molar-refractivity contribution >= 4 is 5.91 Å². The van der Waals surface area contributed by atoms with Gasteiger partial charge in [-0.1, -0.05) is 19.8 Å². The maximum atomic E-state index is 12.5. The summed E-state index contributed by atoms with van der Waals surface area (Å²) in [6.07, 6.45) is 9.44. The molecular formula is C16H25N3O2. The van der Waals surface area contributed by atoms with E-state index in [1.54, 1.807) is 6.20 Å². The van der Waals surface area contributed by atoms with Crippen LogP contribution in [0.3, 0.4) is 0 Å². The monoisotopic (exact) mass is 291 g/mol. The Morgan fingerprint density at radius 1 is 1.48 bits per heavy atom. The third kappa shape index (κ3) is 2.84. The number of aliphatic hydroxyl groups is 1. The fraction of sp³-hybridized carbons (Fsp3) is 0.750. The fourth-order valence-corrected chi connectivity index (χ4v) is 3.84. The number of likely N-dealkylation sites (tertiary alicyclic amines) is 1. The van der Waals surface area contributed by atoms with E-state index in [4.69, 9.17) is 0 Å². The zero-order chi connectivity index (χ0) is 14.9. The average molecular weight is 291 g/mol. The zero-order valence-corrected chi connectivity index (χ0v) is 12.8. The van der Waals surface area contributed by atoms with Crippen LogP contribution in [-0.2, 0) is 17.8 Å². The first-order chi connectivity index (χ1) is 10.1. The van der Waals surface area contributed by atoms with E-state index in [0.29, 0.717) is 19.6 Å². The standard InChI is InChI=1S/C16H25N3O2/c1-2-14-17-8-10-18(14)12-15(20)19-9-7-16(21)6-4-3-5-13(16)11-19/h8,10,13,21H,2-7,9,11-12H2,1H3/t13-,16-/m0/s1. The van der Waals surface area contributed by atoms with Crippen molar-refractivity contribution in [2.75, 3.05) is 13.1 Å². The van der Waals surface area contributed by atoms with Gasteiger partial charge in [0.1, 0.15) is 12.4 Å². The summed E-state index contributed by atoms with van der Waals surface area (Å²) in [4.78, 5) is 18.7. The molecule has 0 bridgehead atoms. The number of carbonyl (C=O) groups excluding carboxylic acids is 1. The van der Waals surface area contributed by atoms with E-state index in [0.717, 1.165) is 37.9 Å². The van der Waals surface area contributed by atoms with Crippen LogP contribution in [-0.4, -0.2) is 44.2 Å². The average Bonchev–Trinajstić information content (AvgIpc) is 2.93. The number of fused-ring (bicyclic) bond motifs is 1. The SMILES string of the molecule is CCc1nccn1CC(=O)N1CC[C@@]2(O)CCCC[C@H]2C1. The Bertz CT molecular complexity index is 513. The van der Waals surface area contributed by atoms with Gasteiger partial charge in [-0.2, -0.15) is 0 Å². The minimum absolute atomic E-state index is 0.148. The summed E-state index contributed by atoms with van der Waals surface area (Å²) >= 11 is 0. The molecule has 3 rings (SSSR count). The lowest BCUT2D eigenvalue weighted by Gasteiger charge is -2.47. The van der Waals surface area contributed by atoms with Crippen molar-refractivity contribution in [3.63, 3.8) is 0 Å². The van der Waals surface area contributed by atoms with Crippen LogP contribution >= 0.6 is 0 Å². The number of hydrogen-bond donors (Lipinski definition) is 1. The van der Waals surface area contributed by atoms with Gasteiger partial charge in [-0.05, 0) is 19.3 Å². The number of rotatable bonds is 3. The van der Waals surface area contributed by atoms with Gasteiger partial charge in [0.25, 0.3) is 0 Å². The summed E-state index contributed by atoms with van der Waals surface area (Å²) in [5.74, 6) is 1.36. The molecule has 0 radical (unpaired) electrons. The molecule has 0 aromatic carbocycles. The van der Waals surface area contributed by atoms with Crippen molar-refractivity contribution in [2.45, 2.75) is 57.6 Å². The number of hydrogen-bond acceptors (Lipinski definition) is 3. The fourth-order valence-electron chi connectivity index (χ4n) is 3.84. The zero-order valence-electron chi connectivity index (χ0n) is 12.8. The summed E-state index contributed by atoms with van der Waals surface area (Å²) in [6.45, 7) is 3.81. The number of aryl methyl sites for hydroxylation is 1. The Kier molecular flexibility index (Phi) is 4.02. The summed E-state index contributed by atoms with van der Waals surface area (Å²) in [7, 11) is 0. The van der Waals surface area contributed by atoms with Crippen molar-refractivity contribution in [3.8, 4) is 0 Å². The van der Waals surface area contributed by atoms with Crippen molar-refractivity contribution in [2.24, 2.45) is 5.92 Å². The minimum atomic E-state index is -0.515. The maximum Gasteiger partial charge on any atom is 0.242 e. The molecule has 1 saturated heterocycles. The Balaban J connectivity index is 1.64. The van der Waals surface area contributed by atoms with E-state index in [1.807, 2.05) is 22.6 Å². The lowest BCUT2D eigenvalue weighted by molar-refractivity contribution is -0.143. The lowest BCUT2D eigenvalue weighted by Crippen LogP contribution is -2.55. The van der Waals surface area contributed by atoms with Crippen LogP contribution in [0.2, 0.25) is 0 Å². The van der Waals surface area contributed by atoms with Gasteiger partial charge in [0.2, 0.25) is 5.91 Å². The number of nitrogens with zero attached hydrogens (tertiary/aromatic N) is 3. The highest BCUT2D eigenvalue weighted by Gasteiger charge is 2.43. The molecule has 0 spiro atoms. The van der Waals surface area contributed by atoms with E-state index >= 15 is 0 Å². The lowest BCUT2D eigenvalue weighted by atomic mass is 9.71. The van der Waals surface area contributed by atoms with Crippen LogP contribution in [0.5, 0.6) is 0 Å². The van der Waals surface area contributed by atoms with Crippen LogP contribution in [0, 0.1) is 5.92 Å². The molecule has 0 unspecified atom stereocenters. The predicted octanol–water partition coefficient (Wildman–Crippen LogP) is 1.60. The van der Waals surface area contributed by atoms with E-state index < -0.39 is 5.60 Å². The highest BCUT2D eigenvalue weighted by atomic mass is 16.3. The van der Waals surface area contributed by atoms with Gasteiger partial charge in [0.15, 0.2) is 0 Å². The molecule has 1 N–H and O–H groups in total. The van der Waals surface area contributed by atoms with Crippen LogP contribution in [0.4, 0.5) is 0 Å². The molecule has 1 aromatic heterocycles. The number of amides is 1. The second-order valence-electron chi connectivity index (χ2n) is 6.46. The third-order valence-corrected chi connectivity index (χ3v) is 5.20. The number of piperidine rings is 1. The van der Waals surface area contributed by atoms with Gasteiger partial charge in [0, 0.05) is 37.8 Å². The van der Waals surface area contributed by atoms with E-state index in [2.05, 4.69) is 4.98 Å². The highest BCUT2D eigenvalue weighted by molar-refractivity contribution is 5.76. The molecule has 1 aliphatic carbocycles. The largest absolute Gasteiger partial charge is 0.389 e. The van der Waals surface area contributed by atoms with Gasteiger partial charge in [-0.15, -0.1) is 0 Å². The Labute approximate surface area is 126 Å². The molecule has 1 aromatic rings. The Hall–Kier alpha value is -1.36. The molecule has 1 amide bonds. The number of carbonyl (C=O) groups is 1. The molecule has 116 valence electrons. The summed E-state index contributed by atoms with van der Waals surface area (Å²) in [5.41, 5.74) is -0.515. The van der Waals surface area contributed by atoms with Gasteiger partial charge in [-0.25, -0.2) is 4.98 Å². The molecule has 2 atom stereocenters. The van der Waals surface area contributed by atoms with Gasteiger partial charge >= 0.3 is 0 Å². The summed E-state index contributed by atoms with van der Waals surface area (Å²) < 4.78 is 1.93. The van der Waals surface area contributed by atoms with Crippen LogP contribution in [0.15, 0.2) is 12.4 Å². The third-order valence-electron chi connectivity index (χ3n) is 5.20. The Morgan fingerprint density at radius 2 is 2.33 bits per heavy atom. The van der Waals surface area contributed by atoms with Crippen LogP contribution < -0.4 is 0 Å². The second-order valence-corrected chi connectivity index (χ2v) is 6.46. The van der Waals surface area contributed by atoms with Crippen molar-refractivity contribution in [1.82, 2.24) is 14.5 Å². The molecular weight excluding hydrogens is 266 g/mol. The molecule has 5 nitrogen and oxygen atoms in total. The van der Waals surface area contributed by atoms with Gasteiger partial charge < -0.3 is 14.6 Å². The van der Waals surface area contributed by atoms with E-state index in [1.165, 1.54) is 6.42 Å². The molecule has 1 saturated carbocycles. The van der Waals surface area contributed by atoms with Crippen LogP contribution in [0.25, 0.3) is 0 Å². The molecule has 1 aliphatic heterocycles. The van der Waals surface area contributed by atoms with Gasteiger partial charge in [0.05, 0.1) is 5.60 Å². The first-order valence-corrected chi connectivity index (χ1v) is 8.12. The van der Waals surface area contributed by atoms with Crippen molar-refractivity contribution < 1.29 is 9.90 Å². The van der Waals surface area contributed by atoms with Crippen LogP contribution in [0.1, 0.15) is 44.9 Å². The quantitative estimate of drug-likeness (QED) is 0.920. The van der Waals surface area contributed by atoms with E-state index in [9.17, 15) is 9.90 Å². The summed E-state index contributed by atoms with van der Waals surface area (Å²) in [5, 5.41) is 10.7. The topological polar surface area (TPSA) is 58.4 Å². The molecule has 2 heterocycles. The molecule has 2 fully saturated rings. The molecule has 21 heavy (non-hydrogen) atoms. The smallest absolute Gasteiger partial charge is 0.242 e. The first-order valence-electron chi connectivity index (χ1n) is 8.12. The number of aromatic nitrogens is 2. The van der Waals surface area contributed by atoms with Gasteiger partial charge in [-0.3, -0.25) is 4.79 Å². The summed E-state index contributed by atoms with van der Waals surface area (Å²) in [6, 6.07) is 0.